The molecule has 0 aliphatic heterocycles. The summed E-state index contributed by atoms with van der Waals surface area (Å²) in [5.74, 6) is 4.54. The Morgan fingerprint density at radius 2 is 2.14 bits per heavy atom. The van der Waals surface area contributed by atoms with E-state index in [-0.39, 0.29) is 24.5 Å². The number of rotatable bonds is 5. The van der Waals surface area contributed by atoms with Gasteiger partial charge in [-0.1, -0.05) is 17.9 Å². The second kappa shape index (κ2) is 7.78. The Balaban J connectivity index is 2.99. The highest BCUT2D eigenvalue weighted by molar-refractivity contribution is 7.89. The van der Waals surface area contributed by atoms with Gasteiger partial charge in [-0.25, -0.2) is 13.1 Å². The van der Waals surface area contributed by atoms with Gasteiger partial charge in [0.15, 0.2) is 0 Å². The SMILES string of the molecule is COC(=O)CCNS(=O)(=O)c1ccc(C)cc1C#CCO. The van der Waals surface area contributed by atoms with Gasteiger partial charge in [0.1, 0.15) is 6.61 Å². The molecule has 0 radical (unpaired) electrons. The average molecular weight is 311 g/mol. The molecule has 7 heteroatoms. The summed E-state index contributed by atoms with van der Waals surface area (Å²) in [5, 5.41) is 8.73. The third-order valence-corrected chi connectivity index (χ3v) is 4.09. The minimum absolute atomic E-state index is 0.0129. The van der Waals surface area contributed by atoms with Crippen LogP contribution in [0.3, 0.4) is 0 Å². The summed E-state index contributed by atoms with van der Waals surface area (Å²) < 4.78 is 31.2. The number of aliphatic hydroxyl groups excluding tert-OH is 1. The lowest BCUT2D eigenvalue weighted by molar-refractivity contribution is -0.140. The van der Waals surface area contributed by atoms with E-state index < -0.39 is 16.0 Å². The molecule has 0 bridgehead atoms. The molecule has 0 saturated carbocycles. The van der Waals surface area contributed by atoms with Gasteiger partial charge in [0.2, 0.25) is 10.0 Å². The molecule has 1 rings (SSSR count). The van der Waals surface area contributed by atoms with Crippen molar-refractivity contribution in [3.8, 4) is 11.8 Å². The van der Waals surface area contributed by atoms with Crippen molar-refractivity contribution < 1.29 is 23.1 Å². The van der Waals surface area contributed by atoms with Crippen LogP contribution in [-0.2, 0) is 19.6 Å². The minimum atomic E-state index is -3.78. The number of aryl methyl sites for hydroxylation is 1. The maximum atomic E-state index is 12.2. The molecule has 0 unspecified atom stereocenters. The monoisotopic (exact) mass is 311 g/mol. The van der Waals surface area contributed by atoms with E-state index in [1.165, 1.54) is 13.2 Å². The Labute approximate surface area is 124 Å². The second-order valence-corrected chi connectivity index (χ2v) is 5.92. The number of aliphatic hydroxyl groups is 1. The smallest absolute Gasteiger partial charge is 0.306 e. The van der Waals surface area contributed by atoms with Gasteiger partial charge in [0.05, 0.1) is 18.4 Å². The first kappa shape index (κ1) is 17.2. The summed E-state index contributed by atoms with van der Waals surface area (Å²) >= 11 is 0. The highest BCUT2D eigenvalue weighted by Gasteiger charge is 2.18. The molecule has 0 aliphatic rings. The Morgan fingerprint density at radius 1 is 1.43 bits per heavy atom. The summed E-state index contributed by atoms with van der Waals surface area (Å²) in [6.07, 6.45) is -0.0563. The van der Waals surface area contributed by atoms with Gasteiger partial charge < -0.3 is 9.84 Å². The van der Waals surface area contributed by atoms with E-state index in [2.05, 4.69) is 21.3 Å². The van der Waals surface area contributed by atoms with E-state index >= 15 is 0 Å². The lowest BCUT2D eigenvalue weighted by Crippen LogP contribution is -2.27. The molecular weight excluding hydrogens is 294 g/mol. The molecule has 0 aromatic heterocycles. The maximum Gasteiger partial charge on any atom is 0.306 e. The van der Waals surface area contributed by atoms with Crippen molar-refractivity contribution in [3.63, 3.8) is 0 Å². The van der Waals surface area contributed by atoms with Crippen LogP contribution >= 0.6 is 0 Å². The number of hydrogen-bond donors (Lipinski definition) is 2. The van der Waals surface area contributed by atoms with Crippen molar-refractivity contribution in [2.24, 2.45) is 0 Å². The van der Waals surface area contributed by atoms with Crippen LogP contribution < -0.4 is 4.72 Å². The number of carbonyl (C=O) groups excluding carboxylic acids is 1. The molecule has 0 saturated heterocycles. The zero-order valence-electron chi connectivity index (χ0n) is 11.8. The van der Waals surface area contributed by atoms with Crippen LogP contribution in [0.15, 0.2) is 23.1 Å². The zero-order valence-corrected chi connectivity index (χ0v) is 12.7. The van der Waals surface area contributed by atoms with Crippen molar-refractivity contribution in [1.29, 1.82) is 0 Å². The van der Waals surface area contributed by atoms with Gasteiger partial charge in [-0.2, -0.15) is 0 Å². The van der Waals surface area contributed by atoms with Crippen LogP contribution in [0.5, 0.6) is 0 Å². The molecule has 21 heavy (non-hydrogen) atoms. The predicted molar refractivity (Wildman–Crippen MR) is 77.0 cm³/mol. The van der Waals surface area contributed by atoms with Gasteiger partial charge in [-0.05, 0) is 24.6 Å². The van der Waals surface area contributed by atoms with Crippen LogP contribution in [0, 0.1) is 18.8 Å². The van der Waals surface area contributed by atoms with Gasteiger partial charge >= 0.3 is 5.97 Å². The fraction of sp³-hybridized carbons (Fsp3) is 0.357. The molecule has 0 heterocycles. The number of benzene rings is 1. The first-order valence-corrected chi connectivity index (χ1v) is 7.66. The van der Waals surface area contributed by atoms with Gasteiger partial charge in [-0.15, -0.1) is 0 Å². The molecule has 2 N–H and O–H groups in total. The summed E-state index contributed by atoms with van der Waals surface area (Å²) in [7, 11) is -2.55. The first-order valence-electron chi connectivity index (χ1n) is 6.17. The highest BCUT2D eigenvalue weighted by Crippen LogP contribution is 2.16. The van der Waals surface area contributed by atoms with Crippen LogP contribution in [0.4, 0.5) is 0 Å². The molecule has 1 aromatic rings. The molecule has 1 aromatic carbocycles. The molecule has 6 nitrogen and oxygen atoms in total. The van der Waals surface area contributed by atoms with E-state index in [1.54, 1.807) is 12.1 Å². The second-order valence-electron chi connectivity index (χ2n) is 4.18. The molecule has 0 spiro atoms. The van der Waals surface area contributed by atoms with Crippen molar-refractivity contribution >= 4 is 16.0 Å². The quantitative estimate of drug-likeness (QED) is 0.598. The summed E-state index contributed by atoms with van der Waals surface area (Å²) in [6, 6.07) is 4.72. The number of esters is 1. The average Bonchev–Trinajstić information content (AvgIpc) is 2.44. The first-order chi connectivity index (χ1) is 9.90. The topological polar surface area (TPSA) is 92.7 Å². The van der Waals surface area contributed by atoms with Gasteiger partial charge in [-0.3, -0.25) is 4.79 Å². The Hall–Kier alpha value is -1.88. The predicted octanol–water partition coefficient (Wildman–Crippen LogP) is 0.180. The number of methoxy groups -OCH3 is 1. The maximum absolute atomic E-state index is 12.2. The fourth-order valence-corrected chi connectivity index (χ4v) is 2.75. The summed E-state index contributed by atoms with van der Waals surface area (Å²) in [5.41, 5.74) is 1.15. The fourth-order valence-electron chi connectivity index (χ4n) is 1.58. The standard InChI is InChI=1S/C14H17NO5S/c1-11-5-6-13(12(10-11)4-3-9-16)21(18,19)15-8-7-14(17)20-2/h5-6,10,15-16H,7-9H2,1-2H3. The molecule has 0 aliphatic carbocycles. The minimum Gasteiger partial charge on any atom is -0.469 e. The number of ether oxygens (including phenoxy) is 1. The molecule has 0 amide bonds. The van der Waals surface area contributed by atoms with Crippen LogP contribution in [-0.4, -0.2) is 39.8 Å². The van der Waals surface area contributed by atoms with Crippen molar-refractivity contribution in [2.75, 3.05) is 20.3 Å². The van der Waals surface area contributed by atoms with E-state index in [4.69, 9.17) is 5.11 Å². The summed E-state index contributed by atoms with van der Waals surface area (Å²) in [4.78, 5) is 11.0. The van der Waals surface area contributed by atoms with Gasteiger partial charge in [0, 0.05) is 12.1 Å². The number of sulfonamides is 1. The Morgan fingerprint density at radius 3 is 2.76 bits per heavy atom. The summed E-state index contributed by atoms with van der Waals surface area (Å²) in [6.45, 7) is 1.39. The van der Waals surface area contributed by atoms with E-state index in [0.717, 1.165) is 5.56 Å². The van der Waals surface area contributed by atoms with Crippen LogP contribution in [0.25, 0.3) is 0 Å². The van der Waals surface area contributed by atoms with E-state index in [1.807, 2.05) is 6.92 Å². The van der Waals surface area contributed by atoms with E-state index in [0.29, 0.717) is 5.56 Å². The highest BCUT2D eigenvalue weighted by atomic mass is 32.2. The van der Waals surface area contributed by atoms with Crippen LogP contribution in [0.2, 0.25) is 0 Å². The lowest BCUT2D eigenvalue weighted by Gasteiger charge is -2.09. The largest absolute Gasteiger partial charge is 0.469 e. The third kappa shape index (κ3) is 5.19. The zero-order chi connectivity index (χ0) is 15.9. The normalized spacial score (nSPS) is 10.6. The molecular formula is C14H17NO5S. The van der Waals surface area contributed by atoms with E-state index in [9.17, 15) is 13.2 Å². The third-order valence-electron chi connectivity index (χ3n) is 2.58. The molecule has 0 fully saturated rings. The molecule has 114 valence electrons. The van der Waals surface area contributed by atoms with Crippen molar-refractivity contribution in [3.05, 3.63) is 29.3 Å². The van der Waals surface area contributed by atoms with Crippen molar-refractivity contribution in [2.45, 2.75) is 18.2 Å². The Kier molecular flexibility index (Phi) is 6.37. The number of nitrogens with one attached hydrogen (secondary N) is 1. The number of carbonyl (C=O) groups is 1. The molecule has 0 atom stereocenters. The number of hydrogen-bond acceptors (Lipinski definition) is 5. The Bertz CT molecular complexity index is 670. The lowest BCUT2D eigenvalue weighted by atomic mass is 10.1. The van der Waals surface area contributed by atoms with Crippen molar-refractivity contribution in [1.82, 2.24) is 4.72 Å². The van der Waals surface area contributed by atoms with Crippen LogP contribution in [0.1, 0.15) is 17.5 Å². The van der Waals surface area contributed by atoms with Gasteiger partial charge in [0.25, 0.3) is 0 Å².